The molecule has 0 aliphatic rings. The fourth-order valence-corrected chi connectivity index (χ4v) is 2.36. The third-order valence-electron chi connectivity index (χ3n) is 2.63. The summed E-state index contributed by atoms with van der Waals surface area (Å²) in [4.78, 5) is 15.9. The summed E-state index contributed by atoms with van der Waals surface area (Å²) in [7, 11) is 0. The molecule has 1 aromatic heterocycles. The summed E-state index contributed by atoms with van der Waals surface area (Å²) in [6.45, 7) is 1.97. The topological polar surface area (TPSA) is 39.2 Å². The Balaban J connectivity index is 2.14. The number of thiazole rings is 1. The normalized spacial score (nSPS) is 11.8. The van der Waals surface area contributed by atoms with Gasteiger partial charge in [0.25, 0.3) is 0 Å². The van der Waals surface area contributed by atoms with Crippen LogP contribution in [0.3, 0.4) is 0 Å². The molecule has 22 heavy (non-hydrogen) atoms. The van der Waals surface area contributed by atoms with Crippen molar-refractivity contribution in [2.75, 3.05) is 6.61 Å². The maximum atomic E-state index is 12.6. The number of hydrogen-bond donors (Lipinski definition) is 0. The van der Waals surface area contributed by atoms with Gasteiger partial charge < -0.3 is 4.74 Å². The number of carbonyl (C=O) groups is 1. The van der Waals surface area contributed by atoms with E-state index in [0.717, 1.165) is 23.5 Å². The van der Waals surface area contributed by atoms with Crippen molar-refractivity contribution < 1.29 is 22.7 Å². The lowest BCUT2D eigenvalue weighted by molar-refractivity contribution is -0.137. The number of esters is 1. The van der Waals surface area contributed by atoms with E-state index in [9.17, 15) is 18.0 Å². The molecule has 0 saturated carbocycles. The van der Waals surface area contributed by atoms with Gasteiger partial charge in [0.2, 0.25) is 0 Å². The van der Waals surface area contributed by atoms with E-state index < -0.39 is 17.7 Å². The van der Waals surface area contributed by atoms with E-state index in [1.165, 1.54) is 18.3 Å². The molecule has 0 unspecified atom stereocenters. The van der Waals surface area contributed by atoms with Gasteiger partial charge in [-0.1, -0.05) is 18.2 Å². The molecule has 0 atom stereocenters. The quantitative estimate of drug-likeness (QED) is 0.776. The molecule has 2 rings (SSSR count). The Morgan fingerprint density at radius 1 is 1.36 bits per heavy atom. The van der Waals surface area contributed by atoms with Gasteiger partial charge in [0.05, 0.1) is 18.4 Å². The van der Waals surface area contributed by atoms with Crippen LogP contribution in [0.15, 0.2) is 30.5 Å². The molecule has 7 heteroatoms. The zero-order valence-electron chi connectivity index (χ0n) is 11.6. The summed E-state index contributed by atoms with van der Waals surface area (Å²) in [5.41, 5.74) is -0.302. The average molecular weight is 327 g/mol. The molecule has 0 bridgehead atoms. The molecule has 116 valence electrons. The summed E-state index contributed by atoms with van der Waals surface area (Å²) >= 11 is 1.12. The first-order chi connectivity index (χ1) is 10.4. The predicted octanol–water partition coefficient (Wildman–Crippen LogP) is 4.51. The Morgan fingerprint density at radius 3 is 2.82 bits per heavy atom. The Labute approximate surface area is 129 Å². The Bertz CT molecular complexity index is 692. The number of aromatic nitrogens is 1. The van der Waals surface area contributed by atoms with Crippen LogP contribution in [0.2, 0.25) is 0 Å². The van der Waals surface area contributed by atoms with Crippen LogP contribution in [0.4, 0.5) is 13.2 Å². The Kier molecular flexibility index (Phi) is 4.97. The number of alkyl halides is 3. The van der Waals surface area contributed by atoms with E-state index in [-0.39, 0.29) is 6.61 Å². The van der Waals surface area contributed by atoms with Crippen LogP contribution < -0.4 is 0 Å². The van der Waals surface area contributed by atoms with Gasteiger partial charge in [0.1, 0.15) is 9.88 Å². The zero-order chi connectivity index (χ0) is 16.2. The monoisotopic (exact) mass is 327 g/mol. The molecule has 0 saturated heterocycles. The lowest BCUT2D eigenvalue weighted by atomic mass is 10.1. The van der Waals surface area contributed by atoms with Gasteiger partial charge in [0.15, 0.2) is 0 Å². The largest absolute Gasteiger partial charge is 0.462 e. The minimum absolute atomic E-state index is 0.270. The van der Waals surface area contributed by atoms with E-state index in [1.807, 2.05) is 0 Å². The maximum absolute atomic E-state index is 12.6. The molecule has 2 aromatic rings. The van der Waals surface area contributed by atoms with E-state index in [2.05, 4.69) is 4.98 Å². The van der Waals surface area contributed by atoms with Crippen molar-refractivity contribution in [3.8, 4) is 0 Å². The second-order valence-electron chi connectivity index (χ2n) is 4.24. The van der Waals surface area contributed by atoms with Gasteiger partial charge in [-0.25, -0.2) is 9.78 Å². The van der Waals surface area contributed by atoms with Gasteiger partial charge in [0, 0.05) is 0 Å². The number of nitrogens with zero attached hydrogens (tertiary/aromatic N) is 1. The van der Waals surface area contributed by atoms with Crippen LogP contribution in [0, 0.1) is 0 Å². The second kappa shape index (κ2) is 6.74. The standard InChI is InChI=1S/C15H12F3NO2S/c1-2-21-14(20)12-9-19-13(22-12)7-6-10-4-3-5-11(8-10)15(16,17)18/h3-9H,2H2,1H3. The number of carbonyl (C=O) groups excluding carboxylic acids is 1. The van der Waals surface area contributed by atoms with Crippen molar-refractivity contribution in [3.63, 3.8) is 0 Å². The van der Waals surface area contributed by atoms with Gasteiger partial charge in [-0.15, -0.1) is 11.3 Å². The minimum Gasteiger partial charge on any atom is -0.462 e. The van der Waals surface area contributed by atoms with Gasteiger partial charge in [-0.05, 0) is 30.7 Å². The first-order valence-electron chi connectivity index (χ1n) is 6.38. The van der Waals surface area contributed by atoms with Gasteiger partial charge in [-0.3, -0.25) is 0 Å². The summed E-state index contributed by atoms with van der Waals surface area (Å²) < 4.78 is 42.7. The van der Waals surface area contributed by atoms with E-state index in [4.69, 9.17) is 4.74 Å². The number of benzene rings is 1. The lowest BCUT2D eigenvalue weighted by Crippen LogP contribution is -2.04. The maximum Gasteiger partial charge on any atom is 0.416 e. The van der Waals surface area contributed by atoms with Gasteiger partial charge in [-0.2, -0.15) is 13.2 Å². The van der Waals surface area contributed by atoms with Crippen molar-refractivity contribution >= 4 is 29.5 Å². The zero-order valence-corrected chi connectivity index (χ0v) is 12.4. The minimum atomic E-state index is -4.37. The molecule has 3 nitrogen and oxygen atoms in total. The molecule has 0 amide bonds. The van der Waals surface area contributed by atoms with E-state index >= 15 is 0 Å². The Morgan fingerprint density at radius 2 is 2.14 bits per heavy atom. The first kappa shape index (κ1) is 16.2. The van der Waals surface area contributed by atoms with Crippen LogP contribution in [-0.4, -0.2) is 17.6 Å². The summed E-state index contributed by atoms with van der Waals surface area (Å²) in [5, 5.41) is 0.514. The molecule has 0 aliphatic heterocycles. The summed E-state index contributed by atoms with van der Waals surface area (Å²) in [5.74, 6) is -0.460. The SMILES string of the molecule is CCOC(=O)c1cnc(C=Cc2cccc(C(F)(F)F)c2)s1. The summed E-state index contributed by atoms with van der Waals surface area (Å²) in [6, 6.07) is 4.97. The third kappa shape index (κ3) is 4.17. The molecule has 1 heterocycles. The molecule has 0 aliphatic carbocycles. The molecule has 0 radical (unpaired) electrons. The third-order valence-corrected chi connectivity index (χ3v) is 3.58. The van der Waals surface area contributed by atoms with Crippen LogP contribution in [0.25, 0.3) is 12.2 Å². The highest BCUT2D eigenvalue weighted by Gasteiger charge is 2.30. The molecular weight excluding hydrogens is 315 g/mol. The highest BCUT2D eigenvalue weighted by atomic mass is 32.1. The predicted molar refractivity (Wildman–Crippen MR) is 78.4 cm³/mol. The number of halogens is 3. The molecule has 0 N–H and O–H groups in total. The van der Waals surface area contributed by atoms with Crippen molar-refractivity contribution in [3.05, 3.63) is 51.5 Å². The molecular formula is C15H12F3NO2S. The average Bonchev–Trinajstić information content (AvgIpc) is 2.94. The van der Waals surface area contributed by atoms with Crippen LogP contribution in [-0.2, 0) is 10.9 Å². The highest BCUT2D eigenvalue weighted by Crippen LogP contribution is 2.30. The van der Waals surface area contributed by atoms with Crippen molar-refractivity contribution in [1.29, 1.82) is 0 Å². The van der Waals surface area contributed by atoms with Crippen LogP contribution in [0.1, 0.15) is 32.7 Å². The Hall–Kier alpha value is -2.15. The number of rotatable bonds is 4. The van der Waals surface area contributed by atoms with Crippen molar-refractivity contribution in [2.45, 2.75) is 13.1 Å². The van der Waals surface area contributed by atoms with E-state index in [1.54, 1.807) is 19.1 Å². The molecule has 0 spiro atoms. The molecule has 1 aromatic carbocycles. The first-order valence-corrected chi connectivity index (χ1v) is 7.20. The van der Waals surface area contributed by atoms with Crippen molar-refractivity contribution in [1.82, 2.24) is 4.98 Å². The van der Waals surface area contributed by atoms with Crippen LogP contribution in [0.5, 0.6) is 0 Å². The second-order valence-corrected chi connectivity index (χ2v) is 5.30. The molecule has 0 fully saturated rings. The smallest absolute Gasteiger partial charge is 0.416 e. The van der Waals surface area contributed by atoms with E-state index in [0.29, 0.717) is 15.4 Å². The fraction of sp³-hybridized carbons (Fsp3) is 0.200. The van der Waals surface area contributed by atoms with Crippen molar-refractivity contribution in [2.24, 2.45) is 0 Å². The number of hydrogen-bond acceptors (Lipinski definition) is 4. The summed E-state index contributed by atoms with van der Waals surface area (Å²) in [6.07, 6.45) is 0.0858. The van der Waals surface area contributed by atoms with Gasteiger partial charge >= 0.3 is 12.1 Å². The lowest BCUT2D eigenvalue weighted by Gasteiger charge is -2.06. The van der Waals surface area contributed by atoms with Crippen LogP contribution >= 0.6 is 11.3 Å². The highest BCUT2D eigenvalue weighted by molar-refractivity contribution is 7.14. The fourth-order valence-electron chi connectivity index (χ4n) is 1.65. The number of ether oxygens (including phenoxy) is 1.